The van der Waals surface area contributed by atoms with Crippen LogP contribution in [0.1, 0.15) is 5.56 Å². The molecule has 0 atom stereocenters. The molecule has 84 valence electrons. The summed E-state index contributed by atoms with van der Waals surface area (Å²) in [5.74, 6) is -0.863. The van der Waals surface area contributed by atoms with E-state index in [4.69, 9.17) is 5.73 Å². The standard InChI is InChI=1S/C7H6F3IN2O2/c8-7(9,10)15-6-3(1-12)5(11)4(14)2-13-6/h2,14H,1,12H2. The zero-order chi connectivity index (χ0) is 11.6. The molecule has 1 heterocycles. The number of alkyl halides is 3. The minimum absolute atomic E-state index is 0.0212. The van der Waals surface area contributed by atoms with Gasteiger partial charge in [0, 0.05) is 12.1 Å². The van der Waals surface area contributed by atoms with Gasteiger partial charge in [-0.15, -0.1) is 13.2 Å². The SMILES string of the molecule is NCc1c(OC(F)(F)F)ncc(O)c1I. The Balaban J connectivity index is 3.14. The number of nitrogens with zero attached hydrogens (tertiary/aromatic N) is 1. The lowest BCUT2D eigenvalue weighted by Crippen LogP contribution is -2.20. The van der Waals surface area contributed by atoms with E-state index in [1.807, 2.05) is 0 Å². The van der Waals surface area contributed by atoms with Crippen LogP contribution in [-0.4, -0.2) is 16.5 Å². The van der Waals surface area contributed by atoms with Crippen molar-refractivity contribution in [1.82, 2.24) is 4.98 Å². The third kappa shape index (κ3) is 3.09. The molecule has 0 spiro atoms. The normalized spacial score (nSPS) is 11.5. The second-order valence-corrected chi connectivity index (χ2v) is 3.57. The second-order valence-electron chi connectivity index (χ2n) is 2.49. The van der Waals surface area contributed by atoms with Gasteiger partial charge < -0.3 is 15.6 Å². The molecule has 0 aliphatic carbocycles. The number of halogens is 4. The Morgan fingerprint density at radius 1 is 1.53 bits per heavy atom. The topological polar surface area (TPSA) is 68.4 Å². The Morgan fingerprint density at radius 2 is 2.13 bits per heavy atom. The summed E-state index contributed by atoms with van der Waals surface area (Å²) >= 11 is 1.66. The highest BCUT2D eigenvalue weighted by atomic mass is 127. The number of ether oxygens (including phenoxy) is 1. The van der Waals surface area contributed by atoms with Crippen LogP contribution in [0.5, 0.6) is 11.6 Å². The van der Waals surface area contributed by atoms with Gasteiger partial charge >= 0.3 is 6.36 Å². The molecule has 1 aromatic heterocycles. The first-order valence-corrected chi connectivity index (χ1v) is 4.75. The van der Waals surface area contributed by atoms with Crippen LogP contribution in [0.4, 0.5) is 13.2 Å². The average molecular weight is 334 g/mol. The van der Waals surface area contributed by atoms with Crippen LogP contribution in [0.2, 0.25) is 0 Å². The van der Waals surface area contributed by atoms with Crippen LogP contribution in [0.3, 0.4) is 0 Å². The van der Waals surface area contributed by atoms with E-state index in [9.17, 15) is 18.3 Å². The van der Waals surface area contributed by atoms with E-state index in [1.165, 1.54) is 0 Å². The minimum Gasteiger partial charge on any atom is -0.505 e. The Bertz CT molecular complexity index is 370. The molecule has 4 nitrogen and oxygen atoms in total. The molecule has 15 heavy (non-hydrogen) atoms. The molecule has 1 aromatic rings. The van der Waals surface area contributed by atoms with Crippen molar-refractivity contribution in [3.05, 3.63) is 15.3 Å². The number of hydrogen-bond donors (Lipinski definition) is 2. The molecule has 0 bridgehead atoms. The number of hydrogen-bond acceptors (Lipinski definition) is 4. The number of aromatic hydroxyl groups is 1. The van der Waals surface area contributed by atoms with Crippen molar-refractivity contribution in [2.75, 3.05) is 0 Å². The Labute approximate surface area is 96.4 Å². The molecule has 0 saturated carbocycles. The van der Waals surface area contributed by atoms with E-state index in [1.54, 1.807) is 22.6 Å². The molecule has 0 unspecified atom stereocenters. The molecule has 0 amide bonds. The van der Waals surface area contributed by atoms with Crippen molar-refractivity contribution >= 4 is 22.6 Å². The summed E-state index contributed by atoms with van der Waals surface area (Å²) in [5, 5.41) is 9.19. The maximum Gasteiger partial charge on any atom is 0.574 e. The lowest BCUT2D eigenvalue weighted by Gasteiger charge is -2.12. The van der Waals surface area contributed by atoms with Gasteiger partial charge in [-0.1, -0.05) is 0 Å². The van der Waals surface area contributed by atoms with E-state index < -0.39 is 12.2 Å². The van der Waals surface area contributed by atoms with E-state index in [0.717, 1.165) is 6.20 Å². The third-order valence-corrected chi connectivity index (χ3v) is 2.67. The van der Waals surface area contributed by atoms with Gasteiger partial charge in [-0.3, -0.25) is 0 Å². The molecule has 3 N–H and O–H groups in total. The van der Waals surface area contributed by atoms with Crippen LogP contribution >= 0.6 is 22.6 Å². The van der Waals surface area contributed by atoms with Crippen molar-refractivity contribution in [1.29, 1.82) is 0 Å². The summed E-state index contributed by atoms with van der Waals surface area (Å²) in [6.07, 6.45) is -3.95. The first kappa shape index (κ1) is 12.3. The maximum absolute atomic E-state index is 11.9. The molecule has 0 radical (unpaired) electrons. The van der Waals surface area contributed by atoms with Crippen molar-refractivity contribution in [2.24, 2.45) is 5.73 Å². The van der Waals surface area contributed by atoms with Gasteiger partial charge in [0.15, 0.2) is 0 Å². The van der Waals surface area contributed by atoms with Gasteiger partial charge in [0.1, 0.15) is 5.75 Å². The van der Waals surface area contributed by atoms with Gasteiger partial charge in [0.05, 0.1) is 9.77 Å². The maximum atomic E-state index is 11.9. The summed E-state index contributed by atoms with van der Waals surface area (Å²) in [4.78, 5) is 3.32. The number of pyridine rings is 1. The molecule has 0 aliphatic rings. The molecule has 1 rings (SSSR count). The molecular weight excluding hydrogens is 328 g/mol. The van der Waals surface area contributed by atoms with Crippen molar-refractivity contribution in [3.63, 3.8) is 0 Å². The van der Waals surface area contributed by atoms with Crippen molar-refractivity contribution < 1.29 is 23.0 Å². The predicted octanol–water partition coefficient (Wildman–Crippen LogP) is 1.75. The average Bonchev–Trinajstić information content (AvgIpc) is 2.10. The van der Waals surface area contributed by atoms with Gasteiger partial charge in [-0.05, 0) is 22.6 Å². The summed E-state index contributed by atoms with van der Waals surface area (Å²) in [5.41, 5.74) is 5.26. The Morgan fingerprint density at radius 3 is 2.60 bits per heavy atom. The monoisotopic (exact) mass is 334 g/mol. The molecule has 8 heteroatoms. The first-order chi connectivity index (χ1) is 6.85. The van der Waals surface area contributed by atoms with Crippen LogP contribution < -0.4 is 10.5 Å². The highest BCUT2D eigenvalue weighted by Gasteiger charge is 2.33. The highest BCUT2D eigenvalue weighted by molar-refractivity contribution is 14.1. The molecule has 0 saturated heterocycles. The fourth-order valence-electron chi connectivity index (χ4n) is 0.877. The second kappa shape index (κ2) is 4.39. The number of nitrogens with two attached hydrogens (primary N) is 1. The zero-order valence-corrected chi connectivity index (χ0v) is 9.33. The first-order valence-electron chi connectivity index (χ1n) is 3.67. The molecule has 0 aromatic carbocycles. The van der Waals surface area contributed by atoms with Crippen LogP contribution in [0.15, 0.2) is 6.20 Å². The Kier molecular flexibility index (Phi) is 3.60. The Hall–Kier alpha value is -0.770. The number of rotatable bonds is 2. The quantitative estimate of drug-likeness (QED) is 0.809. The van der Waals surface area contributed by atoms with Crippen molar-refractivity contribution in [3.8, 4) is 11.6 Å². The highest BCUT2D eigenvalue weighted by Crippen LogP contribution is 2.31. The van der Waals surface area contributed by atoms with Crippen LogP contribution in [0, 0.1) is 3.57 Å². The molecule has 0 aliphatic heterocycles. The van der Waals surface area contributed by atoms with Crippen molar-refractivity contribution in [2.45, 2.75) is 12.9 Å². The lowest BCUT2D eigenvalue weighted by atomic mass is 10.2. The summed E-state index contributed by atoms with van der Waals surface area (Å²) in [7, 11) is 0. The zero-order valence-electron chi connectivity index (χ0n) is 7.18. The summed E-state index contributed by atoms with van der Waals surface area (Å²) in [6, 6.07) is 0. The van der Waals surface area contributed by atoms with Crippen LogP contribution in [-0.2, 0) is 6.54 Å². The van der Waals surface area contributed by atoms with Gasteiger partial charge in [-0.2, -0.15) is 0 Å². The summed E-state index contributed by atoms with van der Waals surface area (Å²) < 4.78 is 39.6. The van der Waals surface area contributed by atoms with E-state index >= 15 is 0 Å². The van der Waals surface area contributed by atoms with Gasteiger partial charge in [0.2, 0.25) is 5.88 Å². The van der Waals surface area contributed by atoms with E-state index in [-0.39, 0.29) is 21.4 Å². The van der Waals surface area contributed by atoms with E-state index in [0.29, 0.717) is 0 Å². The molecule has 0 fully saturated rings. The largest absolute Gasteiger partial charge is 0.574 e. The van der Waals surface area contributed by atoms with Gasteiger partial charge in [0.25, 0.3) is 0 Å². The lowest BCUT2D eigenvalue weighted by molar-refractivity contribution is -0.276. The fourth-order valence-corrected chi connectivity index (χ4v) is 1.47. The predicted molar refractivity (Wildman–Crippen MR) is 53.2 cm³/mol. The van der Waals surface area contributed by atoms with E-state index in [2.05, 4.69) is 9.72 Å². The van der Waals surface area contributed by atoms with Gasteiger partial charge in [-0.25, -0.2) is 4.98 Å². The minimum atomic E-state index is -4.82. The summed E-state index contributed by atoms with van der Waals surface area (Å²) in [6.45, 7) is -0.203. The van der Waals surface area contributed by atoms with Crippen LogP contribution in [0.25, 0.3) is 0 Å². The third-order valence-electron chi connectivity index (χ3n) is 1.47. The number of aromatic nitrogens is 1. The molecular formula is C7H6F3IN2O2. The smallest absolute Gasteiger partial charge is 0.505 e. The fraction of sp³-hybridized carbons (Fsp3) is 0.286.